The van der Waals surface area contributed by atoms with Crippen LogP contribution in [-0.2, 0) is 0 Å². The fourth-order valence-electron chi connectivity index (χ4n) is 0.920. The molecule has 0 radical (unpaired) electrons. The van der Waals surface area contributed by atoms with Crippen LogP contribution in [0.2, 0.25) is 0 Å². The molecule has 1 aliphatic heterocycles. The van der Waals surface area contributed by atoms with Gasteiger partial charge in [0, 0.05) is 13.1 Å². The van der Waals surface area contributed by atoms with Crippen LogP contribution in [0.15, 0.2) is 0 Å². The maximum atomic E-state index is 3.97. The second-order valence-corrected chi connectivity index (χ2v) is 3.81. The second kappa shape index (κ2) is 2.75. The molecular formula is C6H10N4S. The van der Waals surface area contributed by atoms with E-state index in [0.717, 1.165) is 23.2 Å². The molecule has 2 rings (SSSR count). The molecule has 0 spiro atoms. The van der Waals surface area contributed by atoms with Gasteiger partial charge in [-0.15, -0.1) is 10.2 Å². The van der Waals surface area contributed by atoms with E-state index in [4.69, 9.17) is 0 Å². The van der Waals surface area contributed by atoms with Gasteiger partial charge in [-0.3, -0.25) is 0 Å². The van der Waals surface area contributed by atoms with Crippen LogP contribution in [0, 0.1) is 6.92 Å². The molecule has 60 valence electrons. The molecule has 0 aromatic carbocycles. The molecule has 11 heavy (non-hydrogen) atoms. The predicted octanol–water partition coefficient (Wildman–Crippen LogP) is 0.230. The van der Waals surface area contributed by atoms with Gasteiger partial charge in [0.1, 0.15) is 5.01 Å². The van der Waals surface area contributed by atoms with Crippen LogP contribution >= 0.6 is 11.3 Å². The van der Waals surface area contributed by atoms with Crippen LogP contribution in [0.3, 0.4) is 0 Å². The predicted molar refractivity (Wildman–Crippen MR) is 44.9 cm³/mol. The lowest BCUT2D eigenvalue weighted by atomic mass is 10.2. The van der Waals surface area contributed by atoms with Crippen molar-refractivity contribution in [2.24, 2.45) is 0 Å². The van der Waals surface area contributed by atoms with Gasteiger partial charge in [0.25, 0.3) is 0 Å². The van der Waals surface area contributed by atoms with Gasteiger partial charge in [-0.25, -0.2) is 0 Å². The van der Waals surface area contributed by atoms with Crippen molar-refractivity contribution in [1.82, 2.24) is 15.5 Å². The highest BCUT2D eigenvalue weighted by Crippen LogP contribution is 2.15. The van der Waals surface area contributed by atoms with E-state index in [9.17, 15) is 0 Å². The van der Waals surface area contributed by atoms with Crippen molar-refractivity contribution in [1.29, 1.82) is 0 Å². The van der Waals surface area contributed by atoms with Crippen molar-refractivity contribution >= 4 is 16.5 Å². The second-order valence-electron chi connectivity index (χ2n) is 2.63. The lowest BCUT2D eigenvalue weighted by Gasteiger charge is -2.27. The molecule has 1 aromatic heterocycles. The molecule has 0 atom stereocenters. The third kappa shape index (κ3) is 1.49. The first-order valence-electron chi connectivity index (χ1n) is 3.62. The Balaban J connectivity index is 1.95. The smallest absolute Gasteiger partial charge is 0.205 e. The summed E-state index contributed by atoms with van der Waals surface area (Å²) in [5.74, 6) is 0. The Morgan fingerprint density at radius 2 is 2.36 bits per heavy atom. The zero-order valence-corrected chi connectivity index (χ0v) is 7.11. The van der Waals surface area contributed by atoms with Crippen LogP contribution < -0.4 is 10.6 Å². The maximum Gasteiger partial charge on any atom is 0.205 e. The minimum absolute atomic E-state index is 0.558. The number of nitrogens with zero attached hydrogens (tertiary/aromatic N) is 2. The molecule has 1 aliphatic rings. The zero-order chi connectivity index (χ0) is 7.68. The molecule has 0 amide bonds. The van der Waals surface area contributed by atoms with Crippen molar-refractivity contribution < 1.29 is 0 Å². The first-order chi connectivity index (χ1) is 5.34. The summed E-state index contributed by atoms with van der Waals surface area (Å²) in [5.41, 5.74) is 0. The largest absolute Gasteiger partial charge is 0.355 e. The van der Waals surface area contributed by atoms with Gasteiger partial charge in [-0.1, -0.05) is 11.3 Å². The molecule has 0 bridgehead atoms. The first kappa shape index (κ1) is 7.00. The van der Waals surface area contributed by atoms with Gasteiger partial charge >= 0.3 is 0 Å². The summed E-state index contributed by atoms with van der Waals surface area (Å²) >= 11 is 1.60. The number of hydrogen-bond acceptors (Lipinski definition) is 5. The van der Waals surface area contributed by atoms with E-state index in [0.29, 0.717) is 6.04 Å². The molecule has 2 heterocycles. The number of aromatic nitrogens is 2. The Hall–Kier alpha value is -0.680. The monoisotopic (exact) mass is 170 g/mol. The number of hydrogen-bond donors (Lipinski definition) is 2. The SMILES string of the molecule is Cc1nnc(NC2CNC2)s1. The van der Waals surface area contributed by atoms with Crippen molar-refractivity contribution in [3.8, 4) is 0 Å². The Morgan fingerprint density at radius 1 is 1.55 bits per heavy atom. The maximum absolute atomic E-state index is 3.97. The van der Waals surface area contributed by atoms with Gasteiger partial charge in [0.2, 0.25) is 5.13 Å². The highest BCUT2D eigenvalue weighted by Gasteiger charge is 2.17. The van der Waals surface area contributed by atoms with Crippen molar-refractivity contribution in [2.45, 2.75) is 13.0 Å². The Bertz CT molecular complexity index is 242. The van der Waals surface area contributed by atoms with Crippen LogP contribution in [0.5, 0.6) is 0 Å². The molecule has 5 heteroatoms. The summed E-state index contributed by atoms with van der Waals surface area (Å²) in [6, 6.07) is 0.558. The quantitative estimate of drug-likeness (QED) is 0.667. The molecule has 0 unspecified atom stereocenters. The molecule has 1 aromatic rings. The Morgan fingerprint density at radius 3 is 2.82 bits per heavy atom. The minimum atomic E-state index is 0.558. The average Bonchev–Trinajstić information content (AvgIpc) is 2.27. The number of rotatable bonds is 2. The van der Waals surface area contributed by atoms with Crippen LogP contribution in [-0.4, -0.2) is 29.3 Å². The lowest BCUT2D eigenvalue weighted by molar-refractivity contribution is 0.471. The van der Waals surface area contributed by atoms with Crippen molar-refractivity contribution in [3.63, 3.8) is 0 Å². The fourth-order valence-corrected chi connectivity index (χ4v) is 1.59. The average molecular weight is 170 g/mol. The fraction of sp³-hybridized carbons (Fsp3) is 0.667. The summed E-state index contributed by atoms with van der Waals surface area (Å²) in [4.78, 5) is 0. The Labute approximate surface area is 69.0 Å². The summed E-state index contributed by atoms with van der Waals surface area (Å²) in [5, 5.41) is 16.3. The van der Waals surface area contributed by atoms with Crippen LogP contribution in [0.25, 0.3) is 0 Å². The highest BCUT2D eigenvalue weighted by atomic mass is 32.1. The minimum Gasteiger partial charge on any atom is -0.355 e. The highest BCUT2D eigenvalue weighted by molar-refractivity contribution is 7.15. The van der Waals surface area contributed by atoms with E-state index >= 15 is 0 Å². The van der Waals surface area contributed by atoms with Gasteiger partial charge in [-0.2, -0.15) is 0 Å². The van der Waals surface area contributed by atoms with Crippen LogP contribution in [0.4, 0.5) is 5.13 Å². The van der Waals surface area contributed by atoms with E-state index < -0.39 is 0 Å². The van der Waals surface area contributed by atoms with E-state index in [1.54, 1.807) is 11.3 Å². The number of nitrogens with one attached hydrogen (secondary N) is 2. The first-order valence-corrected chi connectivity index (χ1v) is 4.43. The van der Waals surface area contributed by atoms with Crippen molar-refractivity contribution in [2.75, 3.05) is 18.4 Å². The Kier molecular flexibility index (Phi) is 1.75. The van der Waals surface area contributed by atoms with E-state index in [2.05, 4.69) is 20.8 Å². The molecule has 0 saturated carbocycles. The molecular weight excluding hydrogens is 160 g/mol. The summed E-state index contributed by atoms with van der Waals surface area (Å²) < 4.78 is 0. The van der Waals surface area contributed by atoms with Gasteiger partial charge in [0.15, 0.2) is 0 Å². The molecule has 4 nitrogen and oxygen atoms in total. The molecule has 1 saturated heterocycles. The van der Waals surface area contributed by atoms with Crippen molar-refractivity contribution in [3.05, 3.63) is 5.01 Å². The number of aryl methyl sites for hydroxylation is 1. The molecule has 1 fully saturated rings. The number of anilines is 1. The van der Waals surface area contributed by atoms with Gasteiger partial charge < -0.3 is 10.6 Å². The molecule has 0 aliphatic carbocycles. The molecule has 2 N–H and O–H groups in total. The van der Waals surface area contributed by atoms with E-state index in [-0.39, 0.29) is 0 Å². The van der Waals surface area contributed by atoms with E-state index in [1.807, 2.05) is 6.92 Å². The third-order valence-corrected chi connectivity index (χ3v) is 2.41. The van der Waals surface area contributed by atoms with Gasteiger partial charge in [0.05, 0.1) is 6.04 Å². The standard InChI is InChI=1S/C6H10N4S/c1-4-9-10-6(11-4)8-5-2-7-3-5/h5,7H,2-3H2,1H3,(H,8,10). The van der Waals surface area contributed by atoms with Crippen LogP contribution in [0.1, 0.15) is 5.01 Å². The third-order valence-electron chi connectivity index (χ3n) is 1.64. The summed E-state index contributed by atoms with van der Waals surface area (Å²) in [6.45, 7) is 4.04. The lowest BCUT2D eigenvalue weighted by Crippen LogP contribution is -2.51. The topological polar surface area (TPSA) is 49.8 Å². The van der Waals surface area contributed by atoms with Gasteiger partial charge in [-0.05, 0) is 6.92 Å². The van der Waals surface area contributed by atoms with E-state index in [1.165, 1.54) is 0 Å². The summed E-state index contributed by atoms with van der Waals surface area (Å²) in [7, 11) is 0. The summed E-state index contributed by atoms with van der Waals surface area (Å²) in [6.07, 6.45) is 0. The normalized spacial score (nSPS) is 17.9. The zero-order valence-electron chi connectivity index (χ0n) is 6.29.